The molecule has 1 aliphatic rings. The number of hydrogen-bond acceptors (Lipinski definition) is 3. The van der Waals surface area contributed by atoms with Crippen LogP contribution in [0.3, 0.4) is 0 Å². The lowest BCUT2D eigenvalue weighted by Gasteiger charge is -2.26. The highest BCUT2D eigenvalue weighted by Gasteiger charge is 2.08. The molecule has 0 amide bonds. The summed E-state index contributed by atoms with van der Waals surface area (Å²) in [6.45, 7) is 6.33. The summed E-state index contributed by atoms with van der Waals surface area (Å²) in [5, 5.41) is 4.04. The maximum absolute atomic E-state index is 6.01. The van der Waals surface area contributed by atoms with Crippen molar-refractivity contribution in [2.45, 2.75) is 6.42 Å². The van der Waals surface area contributed by atoms with Crippen LogP contribution in [-0.4, -0.2) is 44.2 Å². The zero-order valence-electron chi connectivity index (χ0n) is 10.4. The fourth-order valence-corrected chi connectivity index (χ4v) is 2.16. The Labute approximate surface area is 120 Å². The van der Waals surface area contributed by atoms with Gasteiger partial charge >= 0.3 is 0 Å². The predicted octanol–water partition coefficient (Wildman–Crippen LogP) is 2.44. The molecule has 1 saturated heterocycles. The van der Waals surface area contributed by atoms with Crippen molar-refractivity contribution >= 4 is 24.0 Å². The molecule has 0 radical (unpaired) electrons. The molecule has 2 rings (SSSR count). The Morgan fingerprint density at radius 3 is 2.67 bits per heavy atom. The van der Waals surface area contributed by atoms with Crippen LogP contribution in [0.1, 0.15) is 6.42 Å². The van der Waals surface area contributed by atoms with E-state index in [-0.39, 0.29) is 12.4 Å². The molecule has 1 heterocycles. The van der Waals surface area contributed by atoms with Crippen molar-refractivity contribution in [3.05, 3.63) is 29.3 Å². The van der Waals surface area contributed by atoms with Crippen LogP contribution in [0.15, 0.2) is 24.3 Å². The normalized spacial score (nSPS) is 16.1. The summed E-state index contributed by atoms with van der Waals surface area (Å²) in [5.74, 6) is 0.787. The third-order valence-corrected chi connectivity index (χ3v) is 3.23. The number of piperazine rings is 1. The average molecular weight is 291 g/mol. The zero-order valence-corrected chi connectivity index (χ0v) is 12.0. The van der Waals surface area contributed by atoms with Crippen molar-refractivity contribution in [1.29, 1.82) is 0 Å². The van der Waals surface area contributed by atoms with Crippen molar-refractivity contribution in [3.63, 3.8) is 0 Å². The molecule has 0 atom stereocenters. The molecule has 3 nitrogen and oxygen atoms in total. The molecule has 5 heteroatoms. The van der Waals surface area contributed by atoms with E-state index in [0.717, 1.165) is 51.5 Å². The molecule has 0 spiro atoms. The van der Waals surface area contributed by atoms with Gasteiger partial charge in [0, 0.05) is 32.7 Å². The smallest absolute Gasteiger partial charge is 0.137 e. The molecule has 1 aromatic rings. The van der Waals surface area contributed by atoms with Gasteiger partial charge in [0.15, 0.2) is 0 Å². The number of hydrogen-bond donors (Lipinski definition) is 1. The minimum Gasteiger partial charge on any atom is -0.492 e. The van der Waals surface area contributed by atoms with Crippen molar-refractivity contribution in [1.82, 2.24) is 10.2 Å². The highest BCUT2D eigenvalue weighted by Crippen LogP contribution is 2.23. The maximum atomic E-state index is 6.01. The zero-order chi connectivity index (χ0) is 11.9. The molecule has 0 aromatic heterocycles. The van der Waals surface area contributed by atoms with Crippen LogP contribution in [0, 0.1) is 0 Å². The standard InChI is InChI=1S/C13H19ClN2O.ClH/c14-12-4-1-2-5-13(12)17-11-3-8-16-9-6-15-7-10-16;/h1-2,4-5,15H,3,6-11H2;1H. The Hall–Kier alpha value is -0.480. The molecule has 0 aliphatic carbocycles. The molecule has 1 aromatic carbocycles. The third kappa shape index (κ3) is 5.02. The maximum Gasteiger partial charge on any atom is 0.137 e. The molecule has 0 unspecified atom stereocenters. The molecule has 102 valence electrons. The van der Waals surface area contributed by atoms with Gasteiger partial charge in [-0.2, -0.15) is 0 Å². The average Bonchev–Trinajstić information content (AvgIpc) is 2.38. The highest BCUT2D eigenvalue weighted by atomic mass is 35.5. The van der Waals surface area contributed by atoms with Gasteiger partial charge in [-0.15, -0.1) is 12.4 Å². The Morgan fingerprint density at radius 2 is 1.94 bits per heavy atom. The first-order valence-electron chi connectivity index (χ1n) is 6.16. The van der Waals surface area contributed by atoms with Gasteiger partial charge in [0.1, 0.15) is 5.75 Å². The van der Waals surface area contributed by atoms with Gasteiger partial charge in [-0.3, -0.25) is 0 Å². The van der Waals surface area contributed by atoms with Gasteiger partial charge in [0.2, 0.25) is 0 Å². The van der Waals surface area contributed by atoms with Gasteiger partial charge < -0.3 is 15.0 Å². The number of benzene rings is 1. The van der Waals surface area contributed by atoms with Crippen molar-refractivity contribution in [3.8, 4) is 5.75 Å². The first kappa shape index (κ1) is 15.6. The fraction of sp³-hybridized carbons (Fsp3) is 0.538. The first-order chi connectivity index (χ1) is 8.36. The summed E-state index contributed by atoms with van der Waals surface area (Å²) in [6, 6.07) is 7.62. The molecular formula is C13H20Cl2N2O. The SMILES string of the molecule is Cl.Clc1ccccc1OCCCN1CCNCC1. The number of nitrogens with zero attached hydrogens (tertiary/aromatic N) is 1. The Balaban J connectivity index is 0.00000162. The van der Waals surface area contributed by atoms with Gasteiger partial charge in [0.25, 0.3) is 0 Å². The summed E-state index contributed by atoms with van der Waals surface area (Å²) in [7, 11) is 0. The van der Waals surface area contributed by atoms with Crippen LogP contribution in [-0.2, 0) is 0 Å². The third-order valence-electron chi connectivity index (χ3n) is 2.92. The second-order valence-electron chi connectivity index (χ2n) is 4.22. The topological polar surface area (TPSA) is 24.5 Å². The second kappa shape index (κ2) is 8.59. The molecule has 0 saturated carbocycles. The Morgan fingerprint density at radius 1 is 1.22 bits per heavy atom. The minimum absolute atomic E-state index is 0. The lowest BCUT2D eigenvalue weighted by atomic mass is 10.3. The number of rotatable bonds is 5. The van der Waals surface area contributed by atoms with E-state index in [1.54, 1.807) is 0 Å². The number of para-hydroxylation sites is 1. The molecule has 0 bridgehead atoms. The van der Waals surface area contributed by atoms with E-state index in [1.165, 1.54) is 0 Å². The summed E-state index contributed by atoms with van der Waals surface area (Å²) >= 11 is 6.01. The van der Waals surface area contributed by atoms with Crippen LogP contribution in [0.4, 0.5) is 0 Å². The summed E-state index contributed by atoms with van der Waals surface area (Å²) in [4.78, 5) is 2.46. The van der Waals surface area contributed by atoms with E-state index in [1.807, 2.05) is 24.3 Å². The van der Waals surface area contributed by atoms with Crippen molar-refractivity contribution in [2.75, 3.05) is 39.3 Å². The van der Waals surface area contributed by atoms with E-state index < -0.39 is 0 Å². The summed E-state index contributed by atoms with van der Waals surface area (Å²) in [5.41, 5.74) is 0. The largest absolute Gasteiger partial charge is 0.492 e. The molecule has 1 N–H and O–H groups in total. The van der Waals surface area contributed by atoms with E-state index in [0.29, 0.717) is 5.02 Å². The Kier molecular flexibility index (Phi) is 7.44. The van der Waals surface area contributed by atoms with Gasteiger partial charge in [-0.1, -0.05) is 23.7 Å². The predicted molar refractivity (Wildman–Crippen MR) is 78.1 cm³/mol. The van der Waals surface area contributed by atoms with Crippen molar-refractivity contribution in [2.24, 2.45) is 0 Å². The van der Waals surface area contributed by atoms with Crippen LogP contribution >= 0.6 is 24.0 Å². The van der Waals surface area contributed by atoms with Gasteiger partial charge in [0.05, 0.1) is 11.6 Å². The van der Waals surface area contributed by atoms with Crippen LogP contribution in [0.5, 0.6) is 5.75 Å². The van der Waals surface area contributed by atoms with Crippen LogP contribution in [0.25, 0.3) is 0 Å². The minimum atomic E-state index is 0. The van der Waals surface area contributed by atoms with E-state index in [2.05, 4.69) is 10.2 Å². The van der Waals surface area contributed by atoms with E-state index in [9.17, 15) is 0 Å². The monoisotopic (exact) mass is 290 g/mol. The van der Waals surface area contributed by atoms with Gasteiger partial charge in [-0.25, -0.2) is 0 Å². The number of ether oxygens (including phenoxy) is 1. The summed E-state index contributed by atoms with van der Waals surface area (Å²) < 4.78 is 5.65. The van der Waals surface area contributed by atoms with E-state index >= 15 is 0 Å². The van der Waals surface area contributed by atoms with Gasteiger partial charge in [-0.05, 0) is 18.6 Å². The molecular weight excluding hydrogens is 271 g/mol. The lowest BCUT2D eigenvalue weighted by molar-refractivity contribution is 0.214. The second-order valence-corrected chi connectivity index (χ2v) is 4.63. The lowest BCUT2D eigenvalue weighted by Crippen LogP contribution is -2.43. The first-order valence-corrected chi connectivity index (χ1v) is 6.54. The molecule has 18 heavy (non-hydrogen) atoms. The van der Waals surface area contributed by atoms with Crippen LogP contribution < -0.4 is 10.1 Å². The van der Waals surface area contributed by atoms with Crippen molar-refractivity contribution < 1.29 is 4.74 Å². The summed E-state index contributed by atoms with van der Waals surface area (Å²) in [6.07, 6.45) is 1.05. The number of halogens is 2. The van der Waals surface area contributed by atoms with E-state index in [4.69, 9.17) is 16.3 Å². The molecule has 1 fully saturated rings. The quantitative estimate of drug-likeness (QED) is 0.843. The highest BCUT2D eigenvalue weighted by molar-refractivity contribution is 6.32. The Bertz CT molecular complexity index is 344. The fourth-order valence-electron chi connectivity index (χ4n) is 1.97. The molecule has 1 aliphatic heterocycles. The van der Waals surface area contributed by atoms with Crippen LogP contribution in [0.2, 0.25) is 5.02 Å². The number of nitrogens with one attached hydrogen (secondary N) is 1.